The minimum absolute atomic E-state index is 0.0391. The Balaban J connectivity index is 0.000000370. The molecule has 8 heteroatoms. The third-order valence-corrected chi connectivity index (χ3v) is 4.31. The van der Waals surface area contributed by atoms with E-state index in [0.29, 0.717) is 6.42 Å². The summed E-state index contributed by atoms with van der Waals surface area (Å²) in [6, 6.07) is 16.2. The fourth-order valence-electron chi connectivity index (χ4n) is 3.02. The average molecular weight is 408 g/mol. The highest BCUT2D eigenvalue weighted by molar-refractivity contribution is 5.95. The molecule has 1 aliphatic heterocycles. The second kappa shape index (κ2) is 9.95. The van der Waals surface area contributed by atoms with Gasteiger partial charge in [0.15, 0.2) is 0 Å². The lowest BCUT2D eigenvalue weighted by Gasteiger charge is -2.21. The molecule has 3 rings (SSSR count). The molecule has 0 saturated carbocycles. The van der Waals surface area contributed by atoms with Gasteiger partial charge >= 0.3 is 12.1 Å². The lowest BCUT2D eigenvalue weighted by molar-refractivity contribution is -0.192. The monoisotopic (exact) mass is 408 g/mol. The number of nitrogens with zero attached hydrogens (tertiary/aromatic N) is 1. The Morgan fingerprint density at radius 3 is 2.28 bits per heavy atom. The molecule has 1 saturated heterocycles. The van der Waals surface area contributed by atoms with Gasteiger partial charge in [0.05, 0.1) is 17.8 Å². The number of para-hydroxylation sites is 2. The van der Waals surface area contributed by atoms with E-state index in [1.54, 1.807) is 0 Å². The predicted octanol–water partition coefficient (Wildman–Crippen LogP) is 4.41. The fraction of sp³-hybridized carbons (Fsp3) is 0.333. The predicted molar refractivity (Wildman–Crippen MR) is 105 cm³/mol. The Morgan fingerprint density at radius 1 is 1.07 bits per heavy atom. The number of alkyl halides is 3. The third kappa shape index (κ3) is 7.14. The number of aryl methyl sites for hydroxylation is 1. The number of nitrogens with one attached hydrogen (secondary N) is 1. The molecule has 0 unspecified atom stereocenters. The molecule has 2 aromatic rings. The molecule has 0 spiro atoms. The topological polar surface area (TPSA) is 69.6 Å². The molecular formula is C21H23F3N2O3. The number of carbonyl (C=O) groups excluding carboxylic acids is 1. The average Bonchev–Trinajstić information content (AvgIpc) is 3.16. The van der Waals surface area contributed by atoms with Crippen molar-refractivity contribution in [1.82, 2.24) is 0 Å². The van der Waals surface area contributed by atoms with Crippen molar-refractivity contribution in [2.24, 2.45) is 0 Å². The van der Waals surface area contributed by atoms with Crippen LogP contribution in [0.15, 0.2) is 48.5 Å². The van der Waals surface area contributed by atoms with Crippen LogP contribution in [0.1, 0.15) is 24.0 Å². The van der Waals surface area contributed by atoms with E-state index in [9.17, 15) is 18.0 Å². The van der Waals surface area contributed by atoms with Gasteiger partial charge < -0.3 is 15.3 Å². The number of anilines is 2. The normalized spacial score (nSPS) is 13.4. The smallest absolute Gasteiger partial charge is 0.475 e. The molecule has 0 aromatic heterocycles. The number of halogens is 3. The minimum Gasteiger partial charge on any atom is -0.475 e. The number of hydrogen-bond donors (Lipinski definition) is 2. The van der Waals surface area contributed by atoms with Crippen molar-refractivity contribution in [2.75, 3.05) is 23.3 Å². The maximum absolute atomic E-state index is 12.3. The summed E-state index contributed by atoms with van der Waals surface area (Å²) in [6.07, 6.45) is -2.22. The van der Waals surface area contributed by atoms with Gasteiger partial charge in [-0.05, 0) is 37.5 Å². The zero-order valence-electron chi connectivity index (χ0n) is 16.0. The van der Waals surface area contributed by atoms with E-state index in [2.05, 4.69) is 22.3 Å². The molecule has 0 bridgehead atoms. The maximum atomic E-state index is 12.3. The van der Waals surface area contributed by atoms with Crippen LogP contribution in [0, 0.1) is 6.92 Å². The Bertz CT molecular complexity index is 847. The van der Waals surface area contributed by atoms with Crippen molar-refractivity contribution in [2.45, 2.75) is 32.4 Å². The van der Waals surface area contributed by atoms with Crippen LogP contribution in [0.2, 0.25) is 0 Å². The van der Waals surface area contributed by atoms with Crippen molar-refractivity contribution >= 4 is 23.3 Å². The first-order valence-electron chi connectivity index (χ1n) is 9.16. The summed E-state index contributed by atoms with van der Waals surface area (Å²) in [4.78, 5) is 23.6. The van der Waals surface area contributed by atoms with Gasteiger partial charge in [-0.2, -0.15) is 13.2 Å². The lowest BCUT2D eigenvalue weighted by atomic mass is 10.1. The maximum Gasteiger partial charge on any atom is 0.490 e. The molecule has 2 N–H and O–H groups in total. The van der Waals surface area contributed by atoms with E-state index in [0.717, 1.165) is 30.0 Å². The minimum atomic E-state index is -5.08. The van der Waals surface area contributed by atoms with Crippen molar-refractivity contribution in [3.05, 3.63) is 59.7 Å². The zero-order chi connectivity index (χ0) is 21.4. The second-order valence-electron chi connectivity index (χ2n) is 6.73. The van der Waals surface area contributed by atoms with Gasteiger partial charge in [-0.1, -0.05) is 42.0 Å². The standard InChI is InChI=1S/C19H22N2O.C2HF3O2/c1-15-7-6-8-16(13-15)14-19(22)20-17-9-2-3-10-18(17)21-11-4-5-12-21;3-2(4,5)1(6)7/h2-3,6-10,13H,4-5,11-12,14H2,1H3,(H,20,22);(H,6,7). The molecule has 0 aliphatic carbocycles. The summed E-state index contributed by atoms with van der Waals surface area (Å²) < 4.78 is 31.7. The van der Waals surface area contributed by atoms with Gasteiger partial charge in [0.25, 0.3) is 0 Å². The Hall–Kier alpha value is -3.03. The summed E-state index contributed by atoms with van der Waals surface area (Å²) >= 11 is 0. The van der Waals surface area contributed by atoms with Gasteiger partial charge in [-0.25, -0.2) is 4.79 Å². The number of aliphatic carboxylic acids is 1. The van der Waals surface area contributed by atoms with Crippen LogP contribution in [0.25, 0.3) is 0 Å². The molecule has 1 amide bonds. The summed E-state index contributed by atoms with van der Waals surface area (Å²) in [6.45, 7) is 4.19. The fourth-order valence-corrected chi connectivity index (χ4v) is 3.02. The number of rotatable bonds is 4. The highest BCUT2D eigenvalue weighted by Gasteiger charge is 2.38. The number of carbonyl (C=O) groups is 2. The quantitative estimate of drug-likeness (QED) is 0.786. The van der Waals surface area contributed by atoms with Crippen molar-refractivity contribution < 1.29 is 27.9 Å². The van der Waals surface area contributed by atoms with Crippen molar-refractivity contribution in [3.8, 4) is 0 Å². The summed E-state index contributed by atoms with van der Waals surface area (Å²) in [5.41, 5.74) is 4.29. The van der Waals surface area contributed by atoms with Crippen molar-refractivity contribution in [1.29, 1.82) is 0 Å². The Morgan fingerprint density at radius 2 is 1.69 bits per heavy atom. The number of hydrogen-bond acceptors (Lipinski definition) is 3. The second-order valence-corrected chi connectivity index (χ2v) is 6.73. The first-order chi connectivity index (χ1) is 13.7. The first kappa shape index (κ1) is 22.3. The summed E-state index contributed by atoms with van der Waals surface area (Å²) in [5.74, 6) is -2.72. The highest BCUT2D eigenvalue weighted by Crippen LogP contribution is 2.28. The van der Waals surface area contributed by atoms with E-state index in [1.807, 2.05) is 43.3 Å². The zero-order valence-corrected chi connectivity index (χ0v) is 16.0. The molecule has 1 fully saturated rings. The Labute approximate surface area is 167 Å². The molecule has 1 aliphatic rings. The van der Waals surface area contributed by atoms with Crippen LogP contribution in [0.3, 0.4) is 0 Å². The SMILES string of the molecule is Cc1cccc(CC(=O)Nc2ccccc2N2CCCC2)c1.O=C(O)C(F)(F)F. The van der Waals surface area contributed by atoms with Crippen LogP contribution < -0.4 is 10.2 Å². The van der Waals surface area contributed by atoms with E-state index in [1.165, 1.54) is 18.4 Å². The lowest BCUT2D eigenvalue weighted by Crippen LogP contribution is -2.21. The highest BCUT2D eigenvalue weighted by atomic mass is 19.4. The van der Waals surface area contributed by atoms with Gasteiger partial charge in [0, 0.05) is 13.1 Å². The first-order valence-corrected chi connectivity index (χ1v) is 9.16. The third-order valence-electron chi connectivity index (χ3n) is 4.31. The van der Waals surface area contributed by atoms with Crippen LogP contribution in [0.5, 0.6) is 0 Å². The van der Waals surface area contributed by atoms with E-state index in [4.69, 9.17) is 9.90 Å². The molecule has 156 valence electrons. The Kier molecular flexibility index (Phi) is 7.64. The largest absolute Gasteiger partial charge is 0.490 e. The summed E-state index contributed by atoms with van der Waals surface area (Å²) in [5, 5.41) is 10.2. The van der Waals surface area contributed by atoms with Crippen LogP contribution in [-0.2, 0) is 16.0 Å². The molecule has 5 nitrogen and oxygen atoms in total. The molecule has 2 aromatic carbocycles. The van der Waals surface area contributed by atoms with Crippen LogP contribution >= 0.6 is 0 Å². The van der Waals surface area contributed by atoms with Gasteiger partial charge in [-0.15, -0.1) is 0 Å². The van der Waals surface area contributed by atoms with E-state index in [-0.39, 0.29) is 5.91 Å². The number of carboxylic acid groups (broad SMARTS) is 1. The van der Waals surface area contributed by atoms with Gasteiger partial charge in [0.1, 0.15) is 0 Å². The number of amides is 1. The van der Waals surface area contributed by atoms with Gasteiger partial charge in [0.2, 0.25) is 5.91 Å². The van der Waals surface area contributed by atoms with E-state index >= 15 is 0 Å². The van der Waals surface area contributed by atoms with Crippen LogP contribution in [-0.4, -0.2) is 36.2 Å². The molecule has 1 heterocycles. The molecule has 0 radical (unpaired) electrons. The molecule has 0 atom stereocenters. The summed E-state index contributed by atoms with van der Waals surface area (Å²) in [7, 11) is 0. The van der Waals surface area contributed by atoms with Gasteiger partial charge in [-0.3, -0.25) is 4.79 Å². The number of carboxylic acids is 1. The molecular weight excluding hydrogens is 385 g/mol. The van der Waals surface area contributed by atoms with Crippen molar-refractivity contribution in [3.63, 3.8) is 0 Å². The van der Waals surface area contributed by atoms with E-state index < -0.39 is 12.1 Å². The van der Waals surface area contributed by atoms with Crippen LogP contribution in [0.4, 0.5) is 24.5 Å². The number of benzene rings is 2. The molecule has 29 heavy (non-hydrogen) atoms.